The number of carbonyl (C=O) groups is 1. The first-order valence-electron chi connectivity index (χ1n) is 5.94. The Morgan fingerprint density at radius 1 is 1.28 bits per heavy atom. The first-order valence-corrected chi connectivity index (χ1v) is 7.65. The lowest BCUT2D eigenvalue weighted by atomic mass is 9.94. The Kier molecular flexibility index (Phi) is 8.85. The van der Waals surface area contributed by atoms with Crippen LogP contribution < -0.4 is 11.1 Å². The zero-order valence-electron chi connectivity index (χ0n) is 11.5. The van der Waals surface area contributed by atoms with Gasteiger partial charge in [-0.3, -0.25) is 4.79 Å². The molecule has 0 saturated carbocycles. The molecule has 0 aromatic rings. The van der Waals surface area contributed by atoms with Crippen LogP contribution in [0, 0.1) is 0 Å². The number of sulfone groups is 1. The molecule has 0 heterocycles. The van der Waals surface area contributed by atoms with E-state index in [0.29, 0.717) is 6.54 Å². The smallest absolute Gasteiger partial charge is 0.235 e. The Hall–Kier alpha value is -0.330. The summed E-state index contributed by atoms with van der Waals surface area (Å²) in [4.78, 5) is 11.5. The van der Waals surface area contributed by atoms with Crippen molar-refractivity contribution in [3.63, 3.8) is 0 Å². The first kappa shape index (κ1) is 20.0. The predicted octanol–water partition coefficient (Wildman–Crippen LogP) is 0.865. The monoisotopic (exact) mass is 300 g/mol. The molecule has 0 unspecified atom stereocenters. The molecule has 0 spiro atoms. The zero-order valence-corrected chi connectivity index (χ0v) is 13.2. The van der Waals surface area contributed by atoms with Crippen LogP contribution in [-0.2, 0) is 14.6 Å². The van der Waals surface area contributed by atoms with Crippen molar-refractivity contribution in [1.82, 2.24) is 5.32 Å². The molecule has 18 heavy (non-hydrogen) atoms. The van der Waals surface area contributed by atoms with Crippen LogP contribution in [0.5, 0.6) is 0 Å². The van der Waals surface area contributed by atoms with Gasteiger partial charge in [0.15, 0.2) is 9.84 Å². The maximum atomic E-state index is 11.5. The van der Waals surface area contributed by atoms with Crippen molar-refractivity contribution in [2.45, 2.75) is 51.3 Å². The number of carbonyl (C=O) groups excluding carboxylic acids is 1. The Labute approximate surface area is 116 Å². The molecule has 0 aliphatic rings. The molecule has 0 atom stereocenters. The Morgan fingerprint density at radius 3 is 2.06 bits per heavy atom. The molecule has 1 amide bonds. The van der Waals surface area contributed by atoms with Crippen LogP contribution in [0.1, 0.15) is 40.5 Å². The van der Waals surface area contributed by atoms with Crippen LogP contribution >= 0.6 is 12.4 Å². The third-order valence-corrected chi connectivity index (χ3v) is 5.20. The molecule has 0 fully saturated rings. The van der Waals surface area contributed by atoms with Crippen LogP contribution in [0.3, 0.4) is 0 Å². The van der Waals surface area contributed by atoms with E-state index >= 15 is 0 Å². The highest BCUT2D eigenvalue weighted by Gasteiger charge is 2.24. The molecular weight excluding hydrogens is 276 g/mol. The molecule has 7 heteroatoms. The number of hydrogen-bond acceptors (Lipinski definition) is 4. The average Bonchev–Trinajstić information content (AvgIpc) is 2.25. The highest BCUT2D eigenvalue weighted by atomic mass is 35.5. The molecule has 0 aliphatic carbocycles. The molecule has 0 aliphatic heterocycles. The maximum Gasteiger partial charge on any atom is 0.235 e. The van der Waals surface area contributed by atoms with E-state index in [1.807, 2.05) is 13.8 Å². The normalized spacial score (nSPS) is 12.1. The van der Waals surface area contributed by atoms with Gasteiger partial charge in [0.1, 0.15) is 5.75 Å². The fourth-order valence-corrected chi connectivity index (χ4v) is 1.98. The van der Waals surface area contributed by atoms with Gasteiger partial charge in [-0.25, -0.2) is 8.42 Å². The van der Waals surface area contributed by atoms with Gasteiger partial charge >= 0.3 is 0 Å². The van der Waals surface area contributed by atoms with Crippen LogP contribution in [-0.4, -0.2) is 37.4 Å². The minimum absolute atomic E-state index is 0. The summed E-state index contributed by atoms with van der Waals surface area (Å²) in [5.41, 5.74) is 5.56. The Morgan fingerprint density at radius 2 is 1.72 bits per heavy atom. The summed E-state index contributed by atoms with van der Waals surface area (Å²) < 4.78 is 23.0. The van der Waals surface area contributed by atoms with Gasteiger partial charge in [-0.2, -0.15) is 0 Å². The number of halogens is 1. The first-order chi connectivity index (χ1) is 7.67. The highest BCUT2D eigenvalue weighted by molar-refractivity contribution is 7.92. The number of nitrogens with one attached hydrogen (secondary N) is 1. The van der Waals surface area contributed by atoms with Crippen molar-refractivity contribution in [2.24, 2.45) is 5.73 Å². The van der Waals surface area contributed by atoms with Crippen LogP contribution in [0.4, 0.5) is 0 Å². The van der Waals surface area contributed by atoms with Crippen LogP contribution in [0.25, 0.3) is 0 Å². The van der Waals surface area contributed by atoms with Gasteiger partial charge in [0, 0.05) is 12.1 Å². The van der Waals surface area contributed by atoms with Gasteiger partial charge in [-0.05, 0) is 26.7 Å². The molecule has 0 saturated heterocycles. The standard InChI is InChI=1S/C11H24N2O3S.ClH/c1-5-11(12,6-2)8-13-10(14)7-17(15,16)9(3)4;/h9H,5-8,12H2,1-4H3,(H,13,14);1H. The quantitative estimate of drug-likeness (QED) is 0.730. The SMILES string of the molecule is CCC(N)(CC)CNC(=O)CS(=O)(=O)C(C)C.Cl. The molecule has 0 aromatic carbocycles. The second-order valence-corrected chi connectivity index (χ2v) is 7.26. The topological polar surface area (TPSA) is 89.3 Å². The molecular formula is C11H25ClN2O3S. The van der Waals surface area contributed by atoms with E-state index in [1.54, 1.807) is 13.8 Å². The molecule has 3 N–H and O–H groups in total. The van der Waals surface area contributed by atoms with Gasteiger partial charge in [0.25, 0.3) is 0 Å². The molecule has 0 aromatic heterocycles. The number of amides is 1. The summed E-state index contributed by atoms with van der Waals surface area (Å²) in [7, 11) is -3.33. The minimum atomic E-state index is -3.33. The molecule has 0 bridgehead atoms. The van der Waals surface area contributed by atoms with Gasteiger partial charge < -0.3 is 11.1 Å². The van der Waals surface area contributed by atoms with E-state index in [4.69, 9.17) is 5.73 Å². The Balaban J connectivity index is 0. The van der Waals surface area contributed by atoms with E-state index in [-0.39, 0.29) is 12.4 Å². The van der Waals surface area contributed by atoms with Gasteiger partial charge in [-0.15, -0.1) is 12.4 Å². The van der Waals surface area contributed by atoms with E-state index < -0.39 is 32.3 Å². The largest absolute Gasteiger partial charge is 0.353 e. The summed E-state index contributed by atoms with van der Waals surface area (Å²) in [5.74, 6) is -0.941. The third kappa shape index (κ3) is 6.56. The summed E-state index contributed by atoms with van der Waals surface area (Å²) in [6, 6.07) is 0. The van der Waals surface area contributed by atoms with Crippen molar-refractivity contribution in [1.29, 1.82) is 0 Å². The van der Waals surface area contributed by atoms with Crippen molar-refractivity contribution >= 4 is 28.2 Å². The fourth-order valence-electron chi connectivity index (χ4n) is 1.18. The molecule has 110 valence electrons. The maximum absolute atomic E-state index is 11.5. The highest BCUT2D eigenvalue weighted by Crippen LogP contribution is 2.09. The summed E-state index contributed by atoms with van der Waals surface area (Å²) in [6.07, 6.45) is 1.47. The van der Waals surface area contributed by atoms with Gasteiger partial charge in [-0.1, -0.05) is 13.8 Å². The number of nitrogens with two attached hydrogens (primary N) is 1. The van der Waals surface area contributed by atoms with Crippen molar-refractivity contribution in [3.05, 3.63) is 0 Å². The van der Waals surface area contributed by atoms with Gasteiger partial charge in [0.05, 0.1) is 5.25 Å². The minimum Gasteiger partial charge on any atom is -0.353 e. The molecule has 0 radical (unpaired) electrons. The zero-order chi connectivity index (χ0) is 13.7. The van der Waals surface area contributed by atoms with E-state index in [2.05, 4.69) is 5.32 Å². The van der Waals surface area contributed by atoms with E-state index in [9.17, 15) is 13.2 Å². The predicted molar refractivity (Wildman–Crippen MR) is 76.7 cm³/mol. The third-order valence-electron chi connectivity index (χ3n) is 3.10. The molecule has 0 rings (SSSR count). The van der Waals surface area contributed by atoms with Crippen LogP contribution in [0.2, 0.25) is 0 Å². The molecule has 5 nitrogen and oxygen atoms in total. The summed E-state index contributed by atoms with van der Waals surface area (Å²) >= 11 is 0. The lowest BCUT2D eigenvalue weighted by Gasteiger charge is -2.26. The summed E-state index contributed by atoms with van der Waals surface area (Å²) in [6.45, 7) is 7.33. The van der Waals surface area contributed by atoms with Crippen molar-refractivity contribution in [2.75, 3.05) is 12.3 Å². The van der Waals surface area contributed by atoms with Crippen molar-refractivity contribution < 1.29 is 13.2 Å². The van der Waals surface area contributed by atoms with E-state index in [0.717, 1.165) is 12.8 Å². The number of hydrogen-bond donors (Lipinski definition) is 2. The van der Waals surface area contributed by atoms with Gasteiger partial charge in [0.2, 0.25) is 5.91 Å². The van der Waals surface area contributed by atoms with Crippen molar-refractivity contribution in [3.8, 4) is 0 Å². The van der Waals surface area contributed by atoms with Crippen LogP contribution in [0.15, 0.2) is 0 Å². The second-order valence-electron chi connectivity index (χ2n) is 4.70. The second kappa shape index (κ2) is 7.96. The lowest BCUT2D eigenvalue weighted by molar-refractivity contribution is -0.118. The summed E-state index contributed by atoms with van der Waals surface area (Å²) in [5, 5.41) is 2.06. The average molecular weight is 301 g/mol. The number of rotatable bonds is 7. The lowest BCUT2D eigenvalue weighted by Crippen LogP contribution is -2.50. The van der Waals surface area contributed by atoms with E-state index in [1.165, 1.54) is 0 Å². The Bertz CT molecular complexity index is 351. The fraction of sp³-hybridized carbons (Fsp3) is 0.909.